The Morgan fingerprint density at radius 1 is 1.17 bits per heavy atom. The van der Waals surface area contributed by atoms with Crippen LogP contribution in [0.1, 0.15) is 10.5 Å². The number of imidazole rings is 1. The van der Waals surface area contributed by atoms with Crippen LogP contribution in [0.3, 0.4) is 0 Å². The molecule has 3 heterocycles. The molecule has 0 saturated heterocycles. The zero-order chi connectivity index (χ0) is 15.8. The smallest absolute Gasteiger partial charge is 0.273 e. The number of carbonyl (C=O) groups excluding carboxylic acids is 1. The van der Waals surface area contributed by atoms with Gasteiger partial charge in [-0.3, -0.25) is 9.20 Å². The minimum atomic E-state index is -0.337. The molecule has 0 saturated carbocycles. The molecule has 4 aromatic rings. The Labute approximate surface area is 138 Å². The predicted molar refractivity (Wildman–Crippen MR) is 90.7 cm³/mol. The predicted octanol–water partition coefficient (Wildman–Crippen LogP) is 4.52. The van der Waals surface area contributed by atoms with Gasteiger partial charge in [-0.25, -0.2) is 9.37 Å². The molecule has 0 spiro atoms. The third-order valence-electron chi connectivity index (χ3n) is 3.32. The Morgan fingerprint density at radius 3 is 2.74 bits per heavy atom. The van der Waals surface area contributed by atoms with Crippen molar-refractivity contribution in [3.8, 4) is 10.6 Å². The fourth-order valence-electron chi connectivity index (χ4n) is 2.22. The molecule has 0 unspecified atom stereocenters. The number of aromatic nitrogens is 2. The normalized spacial score (nSPS) is 11.0. The molecule has 1 N–H and O–H groups in total. The fraction of sp³-hybridized carbons (Fsp3) is 0. The summed E-state index contributed by atoms with van der Waals surface area (Å²) in [6.45, 7) is 0. The Kier molecular flexibility index (Phi) is 3.44. The summed E-state index contributed by atoms with van der Waals surface area (Å²) in [5, 5.41) is 6.52. The number of benzene rings is 1. The van der Waals surface area contributed by atoms with E-state index in [0.29, 0.717) is 11.4 Å². The Hall–Kier alpha value is -2.51. The summed E-state index contributed by atoms with van der Waals surface area (Å²) in [6, 6.07) is 9.64. The molecule has 4 rings (SSSR count). The molecule has 3 aromatic heterocycles. The number of nitrogens with one attached hydrogen (secondary N) is 1. The average Bonchev–Trinajstić information content (AvgIpc) is 3.24. The summed E-state index contributed by atoms with van der Waals surface area (Å²) < 4.78 is 14.7. The molecular weight excluding hydrogens is 333 g/mol. The van der Waals surface area contributed by atoms with Gasteiger partial charge < -0.3 is 5.32 Å². The number of fused-ring (bicyclic) bond motifs is 1. The highest BCUT2D eigenvalue weighted by molar-refractivity contribution is 7.15. The van der Waals surface area contributed by atoms with Gasteiger partial charge in [-0.1, -0.05) is 6.07 Å². The standard InChI is InChI=1S/C16H10FN3OS2/c17-10-3-5-11(6-4-10)18-15(21)13-9-23-16-19-12(8-20(13)16)14-2-1-7-22-14/h1-9H,(H,18,21). The lowest BCUT2D eigenvalue weighted by Gasteiger charge is -2.03. The summed E-state index contributed by atoms with van der Waals surface area (Å²) in [5.74, 6) is -0.589. The van der Waals surface area contributed by atoms with E-state index >= 15 is 0 Å². The van der Waals surface area contributed by atoms with Gasteiger partial charge in [0.15, 0.2) is 4.96 Å². The summed E-state index contributed by atoms with van der Waals surface area (Å²) in [7, 11) is 0. The Bertz CT molecular complexity index is 971. The number of hydrogen-bond donors (Lipinski definition) is 1. The SMILES string of the molecule is O=C(Nc1ccc(F)cc1)c1csc2nc(-c3cccs3)cn12. The molecule has 0 aliphatic rings. The molecule has 0 aliphatic carbocycles. The maximum Gasteiger partial charge on any atom is 0.273 e. The van der Waals surface area contributed by atoms with E-state index in [1.807, 2.05) is 23.7 Å². The minimum Gasteiger partial charge on any atom is -0.321 e. The summed E-state index contributed by atoms with van der Waals surface area (Å²) in [5.41, 5.74) is 1.90. The highest BCUT2D eigenvalue weighted by Gasteiger charge is 2.15. The van der Waals surface area contributed by atoms with Crippen LogP contribution >= 0.6 is 22.7 Å². The van der Waals surface area contributed by atoms with Crippen LogP contribution in [0.15, 0.2) is 53.4 Å². The molecule has 4 nitrogen and oxygen atoms in total. The van der Waals surface area contributed by atoms with Crippen molar-refractivity contribution in [3.63, 3.8) is 0 Å². The molecule has 0 radical (unpaired) electrons. The van der Waals surface area contributed by atoms with Crippen LogP contribution in [0, 0.1) is 5.82 Å². The van der Waals surface area contributed by atoms with Gasteiger partial charge >= 0.3 is 0 Å². The highest BCUT2D eigenvalue weighted by atomic mass is 32.1. The van der Waals surface area contributed by atoms with E-state index < -0.39 is 0 Å². The lowest BCUT2D eigenvalue weighted by Crippen LogP contribution is -2.13. The van der Waals surface area contributed by atoms with Crippen LogP contribution in [0.4, 0.5) is 10.1 Å². The lowest BCUT2D eigenvalue weighted by molar-refractivity contribution is 0.102. The van der Waals surface area contributed by atoms with Gasteiger partial charge in [0.2, 0.25) is 0 Å². The van der Waals surface area contributed by atoms with Gasteiger partial charge in [0.25, 0.3) is 5.91 Å². The van der Waals surface area contributed by atoms with E-state index in [4.69, 9.17) is 0 Å². The maximum atomic E-state index is 12.9. The maximum absolute atomic E-state index is 12.9. The summed E-state index contributed by atoms with van der Waals surface area (Å²) >= 11 is 3.01. The van der Waals surface area contributed by atoms with Gasteiger partial charge in [-0.15, -0.1) is 22.7 Å². The molecule has 114 valence electrons. The van der Waals surface area contributed by atoms with Crippen LogP contribution in [0.25, 0.3) is 15.5 Å². The fourth-order valence-corrected chi connectivity index (χ4v) is 3.75. The second kappa shape index (κ2) is 5.60. The van der Waals surface area contributed by atoms with Gasteiger partial charge in [-0.05, 0) is 35.7 Å². The van der Waals surface area contributed by atoms with E-state index in [-0.39, 0.29) is 11.7 Å². The van der Waals surface area contributed by atoms with Gasteiger partial charge in [0.1, 0.15) is 17.2 Å². The van der Waals surface area contributed by atoms with E-state index in [2.05, 4.69) is 10.3 Å². The zero-order valence-corrected chi connectivity index (χ0v) is 13.3. The molecule has 0 aliphatic heterocycles. The first-order valence-corrected chi connectivity index (χ1v) is 8.54. The number of amides is 1. The first-order chi connectivity index (χ1) is 11.2. The second-order valence-corrected chi connectivity index (χ2v) is 6.62. The Balaban J connectivity index is 1.65. The topological polar surface area (TPSA) is 46.4 Å². The van der Waals surface area contributed by atoms with Crippen molar-refractivity contribution in [2.75, 3.05) is 5.32 Å². The minimum absolute atomic E-state index is 0.252. The average molecular weight is 343 g/mol. The number of halogens is 1. The number of nitrogens with zero attached hydrogens (tertiary/aromatic N) is 2. The largest absolute Gasteiger partial charge is 0.321 e. The van der Waals surface area contributed by atoms with Gasteiger partial charge in [0.05, 0.1) is 4.88 Å². The van der Waals surface area contributed by atoms with E-state index in [9.17, 15) is 9.18 Å². The van der Waals surface area contributed by atoms with Crippen LogP contribution < -0.4 is 5.32 Å². The first-order valence-electron chi connectivity index (χ1n) is 6.78. The highest BCUT2D eigenvalue weighted by Crippen LogP contribution is 2.27. The monoisotopic (exact) mass is 343 g/mol. The third-order valence-corrected chi connectivity index (χ3v) is 5.05. The van der Waals surface area contributed by atoms with Crippen LogP contribution in [0.5, 0.6) is 0 Å². The van der Waals surface area contributed by atoms with Gasteiger partial charge in [-0.2, -0.15) is 0 Å². The van der Waals surface area contributed by atoms with E-state index in [1.165, 1.54) is 35.6 Å². The molecule has 0 fully saturated rings. The number of thiophene rings is 1. The van der Waals surface area contributed by atoms with Crippen molar-refractivity contribution in [3.05, 3.63) is 64.9 Å². The van der Waals surface area contributed by atoms with Crippen molar-refractivity contribution < 1.29 is 9.18 Å². The molecule has 0 bridgehead atoms. The second-order valence-electron chi connectivity index (χ2n) is 4.84. The molecule has 23 heavy (non-hydrogen) atoms. The molecule has 1 aromatic carbocycles. The van der Waals surface area contributed by atoms with Crippen molar-refractivity contribution >= 4 is 39.2 Å². The van der Waals surface area contributed by atoms with Crippen molar-refractivity contribution in [2.45, 2.75) is 0 Å². The summed E-state index contributed by atoms with van der Waals surface area (Å²) in [4.78, 5) is 18.8. The van der Waals surface area contributed by atoms with Crippen molar-refractivity contribution in [1.29, 1.82) is 0 Å². The van der Waals surface area contributed by atoms with Crippen LogP contribution in [-0.2, 0) is 0 Å². The number of thiazole rings is 1. The molecular formula is C16H10FN3OS2. The molecule has 7 heteroatoms. The van der Waals surface area contributed by atoms with Crippen molar-refractivity contribution in [2.24, 2.45) is 0 Å². The van der Waals surface area contributed by atoms with Gasteiger partial charge in [0, 0.05) is 17.3 Å². The first kappa shape index (κ1) is 14.1. The van der Waals surface area contributed by atoms with Crippen LogP contribution in [0.2, 0.25) is 0 Å². The number of rotatable bonds is 3. The number of anilines is 1. The molecule has 0 atom stereocenters. The lowest BCUT2D eigenvalue weighted by atomic mass is 10.3. The molecule has 1 amide bonds. The van der Waals surface area contributed by atoms with E-state index in [0.717, 1.165) is 15.5 Å². The zero-order valence-electron chi connectivity index (χ0n) is 11.7. The van der Waals surface area contributed by atoms with E-state index in [1.54, 1.807) is 21.1 Å². The third kappa shape index (κ3) is 2.64. The van der Waals surface area contributed by atoms with Crippen molar-refractivity contribution in [1.82, 2.24) is 9.38 Å². The Morgan fingerprint density at radius 2 is 2.00 bits per heavy atom. The number of carbonyl (C=O) groups is 1. The van der Waals surface area contributed by atoms with Crippen LogP contribution in [-0.4, -0.2) is 15.3 Å². The number of hydrogen-bond acceptors (Lipinski definition) is 4. The quantitative estimate of drug-likeness (QED) is 0.595. The summed E-state index contributed by atoms with van der Waals surface area (Å²) in [6.07, 6.45) is 1.86.